The number of hydrogen-bond donors (Lipinski definition) is 1. The Morgan fingerprint density at radius 3 is 2.59 bits per heavy atom. The maximum Gasteiger partial charge on any atom is 0.162 e. The van der Waals surface area contributed by atoms with Crippen molar-refractivity contribution in [3.8, 4) is 17.6 Å². The summed E-state index contributed by atoms with van der Waals surface area (Å²) >= 11 is 1.64. The van der Waals surface area contributed by atoms with Gasteiger partial charge in [-0.05, 0) is 31.2 Å². The van der Waals surface area contributed by atoms with Crippen molar-refractivity contribution in [3.63, 3.8) is 0 Å². The number of anilines is 2. The van der Waals surface area contributed by atoms with Gasteiger partial charge in [0, 0.05) is 23.3 Å². The van der Waals surface area contributed by atoms with E-state index in [4.69, 9.17) is 9.47 Å². The van der Waals surface area contributed by atoms with Gasteiger partial charge in [-0.15, -0.1) is 11.3 Å². The van der Waals surface area contributed by atoms with Crippen LogP contribution in [-0.4, -0.2) is 24.2 Å². The lowest BCUT2D eigenvalue weighted by Crippen LogP contribution is -1.98. The second kappa shape index (κ2) is 6.74. The molecule has 0 aliphatic carbocycles. The first-order valence-electron chi connectivity index (χ1n) is 8.22. The van der Waals surface area contributed by atoms with E-state index in [1.54, 1.807) is 37.8 Å². The van der Waals surface area contributed by atoms with Gasteiger partial charge < -0.3 is 14.8 Å². The second-order valence-corrected chi connectivity index (χ2v) is 7.16. The summed E-state index contributed by atoms with van der Waals surface area (Å²) in [5.41, 5.74) is 3.70. The fraction of sp³-hybridized carbons (Fsp3) is 0.150. The molecule has 0 fully saturated rings. The quantitative estimate of drug-likeness (QED) is 0.552. The van der Waals surface area contributed by atoms with E-state index >= 15 is 0 Å². The highest BCUT2D eigenvalue weighted by Gasteiger charge is 2.14. The highest BCUT2D eigenvalue weighted by atomic mass is 32.1. The van der Waals surface area contributed by atoms with Crippen LogP contribution in [0, 0.1) is 18.3 Å². The fourth-order valence-corrected chi connectivity index (χ4v) is 3.87. The van der Waals surface area contributed by atoms with Gasteiger partial charge in [-0.25, -0.2) is 4.98 Å². The number of pyridine rings is 1. The van der Waals surface area contributed by atoms with Crippen molar-refractivity contribution in [2.45, 2.75) is 6.92 Å². The molecule has 0 saturated carbocycles. The van der Waals surface area contributed by atoms with Crippen LogP contribution in [-0.2, 0) is 0 Å². The molecule has 0 aliphatic rings. The first-order valence-corrected chi connectivity index (χ1v) is 9.03. The second-order valence-electron chi connectivity index (χ2n) is 5.92. The van der Waals surface area contributed by atoms with Crippen LogP contribution in [0.5, 0.6) is 11.5 Å². The third-order valence-electron chi connectivity index (χ3n) is 4.26. The normalized spacial score (nSPS) is 10.7. The minimum Gasteiger partial charge on any atom is -0.493 e. The lowest BCUT2D eigenvalue weighted by molar-refractivity contribution is 0.356. The monoisotopic (exact) mass is 376 g/mol. The molecule has 0 aliphatic heterocycles. The summed E-state index contributed by atoms with van der Waals surface area (Å²) in [6.45, 7) is 1.99. The summed E-state index contributed by atoms with van der Waals surface area (Å²) in [7, 11) is 3.16. The van der Waals surface area contributed by atoms with Crippen LogP contribution in [0.3, 0.4) is 0 Å². The van der Waals surface area contributed by atoms with E-state index < -0.39 is 0 Å². The van der Waals surface area contributed by atoms with Crippen LogP contribution >= 0.6 is 11.3 Å². The predicted molar refractivity (Wildman–Crippen MR) is 107 cm³/mol. The van der Waals surface area contributed by atoms with Gasteiger partial charge in [0.1, 0.15) is 6.07 Å². The summed E-state index contributed by atoms with van der Waals surface area (Å²) in [4.78, 5) is 8.87. The SMILES string of the molecule is COc1cc2ncc(C#N)c(Nc3ccc4nc(C)sc4c3)c2cc1OC. The molecule has 0 unspecified atom stereocenters. The van der Waals surface area contributed by atoms with Crippen LogP contribution in [0.2, 0.25) is 0 Å². The minimum absolute atomic E-state index is 0.454. The van der Waals surface area contributed by atoms with Crippen molar-refractivity contribution in [2.24, 2.45) is 0 Å². The van der Waals surface area contributed by atoms with Crippen LogP contribution in [0.1, 0.15) is 10.6 Å². The van der Waals surface area contributed by atoms with Crippen molar-refractivity contribution in [1.82, 2.24) is 9.97 Å². The van der Waals surface area contributed by atoms with Gasteiger partial charge in [0.05, 0.1) is 46.2 Å². The van der Waals surface area contributed by atoms with Crippen molar-refractivity contribution >= 4 is 43.8 Å². The van der Waals surface area contributed by atoms with Crippen LogP contribution in [0.15, 0.2) is 36.5 Å². The Bertz CT molecular complexity index is 1210. The number of aryl methyl sites for hydroxylation is 1. The number of rotatable bonds is 4. The Hall–Kier alpha value is -3.37. The number of nitrogens with one attached hydrogen (secondary N) is 1. The third-order valence-corrected chi connectivity index (χ3v) is 5.19. The number of thiazole rings is 1. The molecule has 0 radical (unpaired) electrons. The molecule has 4 rings (SSSR count). The first kappa shape index (κ1) is 17.1. The number of methoxy groups -OCH3 is 2. The van der Waals surface area contributed by atoms with E-state index in [0.717, 1.165) is 26.3 Å². The zero-order valence-electron chi connectivity index (χ0n) is 15.0. The van der Waals surface area contributed by atoms with Crippen LogP contribution in [0.25, 0.3) is 21.1 Å². The molecule has 0 saturated heterocycles. The van der Waals surface area contributed by atoms with E-state index in [0.29, 0.717) is 28.3 Å². The minimum atomic E-state index is 0.454. The number of benzene rings is 2. The van der Waals surface area contributed by atoms with Gasteiger partial charge in [-0.2, -0.15) is 5.26 Å². The maximum absolute atomic E-state index is 9.56. The molecular weight excluding hydrogens is 360 g/mol. The molecule has 2 heterocycles. The molecule has 2 aromatic heterocycles. The number of fused-ring (bicyclic) bond motifs is 2. The summed E-state index contributed by atoms with van der Waals surface area (Å²) in [5, 5.41) is 14.7. The summed E-state index contributed by atoms with van der Waals surface area (Å²) in [6.07, 6.45) is 1.56. The zero-order valence-corrected chi connectivity index (χ0v) is 15.8. The number of nitrogens with zero attached hydrogens (tertiary/aromatic N) is 3. The van der Waals surface area contributed by atoms with E-state index in [2.05, 4.69) is 21.4 Å². The number of aromatic nitrogens is 2. The smallest absolute Gasteiger partial charge is 0.162 e. The van der Waals surface area contributed by atoms with Gasteiger partial charge in [0.15, 0.2) is 11.5 Å². The van der Waals surface area contributed by atoms with E-state index in [9.17, 15) is 5.26 Å². The Balaban J connectivity index is 1.88. The summed E-state index contributed by atoms with van der Waals surface area (Å²) in [5.74, 6) is 1.17. The maximum atomic E-state index is 9.56. The Labute approximate surface area is 160 Å². The third kappa shape index (κ3) is 3.00. The summed E-state index contributed by atoms with van der Waals surface area (Å²) in [6, 6.07) is 11.8. The molecule has 4 aromatic rings. The highest BCUT2D eigenvalue weighted by molar-refractivity contribution is 7.18. The molecule has 6 nitrogen and oxygen atoms in total. The van der Waals surface area contributed by atoms with Crippen molar-refractivity contribution in [2.75, 3.05) is 19.5 Å². The van der Waals surface area contributed by atoms with Gasteiger partial charge in [-0.3, -0.25) is 4.98 Å². The molecule has 2 aromatic carbocycles. The molecular formula is C20H16N4O2S. The number of hydrogen-bond acceptors (Lipinski definition) is 7. The van der Waals surface area contributed by atoms with Gasteiger partial charge in [0.25, 0.3) is 0 Å². The van der Waals surface area contributed by atoms with Crippen LogP contribution in [0.4, 0.5) is 11.4 Å². The number of ether oxygens (including phenoxy) is 2. The molecule has 134 valence electrons. The number of nitriles is 1. The molecule has 0 atom stereocenters. The zero-order chi connectivity index (χ0) is 19.0. The molecule has 0 amide bonds. The lowest BCUT2D eigenvalue weighted by Gasteiger charge is -2.14. The molecule has 0 spiro atoms. The first-order chi connectivity index (χ1) is 13.1. The standard InChI is InChI=1S/C20H16N4O2S/c1-11-23-15-5-4-13(6-19(15)27-11)24-20-12(9-21)10-22-16-8-18(26-3)17(25-2)7-14(16)20/h4-8,10H,1-3H3,(H,22,24). The van der Waals surface area contributed by atoms with E-state index in [-0.39, 0.29) is 0 Å². The van der Waals surface area contributed by atoms with E-state index in [1.807, 2.05) is 31.2 Å². The largest absolute Gasteiger partial charge is 0.493 e. The van der Waals surface area contributed by atoms with Gasteiger partial charge in [-0.1, -0.05) is 0 Å². The highest BCUT2D eigenvalue weighted by Crippen LogP contribution is 2.37. The predicted octanol–water partition coefficient (Wildman–Crippen LogP) is 4.79. The Morgan fingerprint density at radius 2 is 1.85 bits per heavy atom. The van der Waals surface area contributed by atoms with Gasteiger partial charge in [0.2, 0.25) is 0 Å². The van der Waals surface area contributed by atoms with E-state index in [1.165, 1.54) is 0 Å². The van der Waals surface area contributed by atoms with Crippen molar-refractivity contribution < 1.29 is 9.47 Å². The average Bonchev–Trinajstić information content (AvgIpc) is 3.06. The Morgan fingerprint density at radius 1 is 1.07 bits per heavy atom. The lowest BCUT2D eigenvalue weighted by atomic mass is 10.1. The fourth-order valence-electron chi connectivity index (χ4n) is 3.00. The molecule has 0 bridgehead atoms. The van der Waals surface area contributed by atoms with Gasteiger partial charge >= 0.3 is 0 Å². The Kier molecular flexibility index (Phi) is 4.26. The van der Waals surface area contributed by atoms with Crippen LogP contribution < -0.4 is 14.8 Å². The molecule has 1 N–H and O–H groups in total. The molecule has 7 heteroatoms. The summed E-state index contributed by atoms with van der Waals surface area (Å²) < 4.78 is 11.9. The van der Waals surface area contributed by atoms with Crippen molar-refractivity contribution in [3.05, 3.63) is 47.1 Å². The molecule has 27 heavy (non-hydrogen) atoms. The average molecular weight is 376 g/mol. The van der Waals surface area contributed by atoms with Crippen molar-refractivity contribution in [1.29, 1.82) is 5.26 Å². The topological polar surface area (TPSA) is 80.1 Å².